The van der Waals surface area contributed by atoms with E-state index in [1.54, 1.807) is 10.6 Å². The van der Waals surface area contributed by atoms with Crippen LogP contribution in [0, 0.1) is 11.7 Å². The molecule has 7 rings (SSSR count). The topological polar surface area (TPSA) is 127 Å². The number of aromatic nitrogens is 4. The van der Waals surface area contributed by atoms with Gasteiger partial charge < -0.3 is 4.90 Å². The number of allylic oxidation sites excluding steroid dienone is 1. The molecule has 3 aliphatic rings. The highest BCUT2D eigenvalue weighted by Gasteiger charge is 2.33. The normalized spacial score (nSPS) is 20.0. The van der Waals surface area contributed by atoms with Crippen molar-refractivity contribution in [1.82, 2.24) is 29.2 Å². The lowest BCUT2D eigenvalue weighted by atomic mass is 9.85. The molecule has 0 saturated heterocycles. The Kier molecular flexibility index (Phi) is 7.70. The Labute approximate surface area is 266 Å². The van der Waals surface area contributed by atoms with Crippen LogP contribution in [0.4, 0.5) is 4.39 Å². The van der Waals surface area contributed by atoms with Crippen molar-refractivity contribution in [2.45, 2.75) is 63.8 Å². The van der Waals surface area contributed by atoms with Crippen molar-refractivity contribution >= 4 is 33.6 Å². The Balaban J connectivity index is 1.12. The fourth-order valence-corrected chi connectivity index (χ4v) is 7.22. The van der Waals surface area contributed by atoms with Gasteiger partial charge in [-0.05, 0) is 75.1 Å². The Hall–Kier alpha value is -4.45. The molecule has 1 aromatic carbocycles. The van der Waals surface area contributed by atoms with E-state index in [1.807, 2.05) is 36.1 Å². The summed E-state index contributed by atoms with van der Waals surface area (Å²) in [5.74, 6) is -1.18. The quantitative estimate of drug-likeness (QED) is 0.306. The fraction of sp³-hybridized carbons (Fsp3) is 0.382. The third-order valence-corrected chi connectivity index (χ3v) is 9.88. The fourth-order valence-electron chi connectivity index (χ4n) is 6.69. The van der Waals surface area contributed by atoms with E-state index in [2.05, 4.69) is 21.8 Å². The van der Waals surface area contributed by atoms with Crippen molar-refractivity contribution in [3.63, 3.8) is 0 Å². The summed E-state index contributed by atoms with van der Waals surface area (Å²) in [5, 5.41) is 4.71. The molecule has 0 unspecified atom stereocenters. The molecule has 10 nitrogen and oxygen atoms in total. The summed E-state index contributed by atoms with van der Waals surface area (Å²) < 4.78 is 42.1. The van der Waals surface area contributed by atoms with Crippen molar-refractivity contribution in [3.05, 3.63) is 88.3 Å². The van der Waals surface area contributed by atoms with Crippen LogP contribution >= 0.6 is 0 Å². The van der Waals surface area contributed by atoms with Crippen molar-refractivity contribution in [3.8, 4) is 11.3 Å². The monoisotopic (exact) mass is 642 g/mol. The number of halogens is 1. The maximum absolute atomic E-state index is 15.5. The van der Waals surface area contributed by atoms with Gasteiger partial charge >= 0.3 is 0 Å². The lowest BCUT2D eigenvalue weighted by molar-refractivity contribution is -0.123. The zero-order valence-corrected chi connectivity index (χ0v) is 26.6. The number of carbonyl (C=O) groups is 2. The molecule has 12 heteroatoms. The number of hydrogen-bond acceptors (Lipinski definition) is 7. The van der Waals surface area contributed by atoms with Gasteiger partial charge in [-0.3, -0.25) is 19.3 Å². The third-order valence-electron chi connectivity index (χ3n) is 9.31. The molecule has 0 radical (unpaired) electrons. The van der Waals surface area contributed by atoms with E-state index in [0.29, 0.717) is 55.0 Å². The average molecular weight is 643 g/mol. The zero-order valence-electron chi connectivity index (χ0n) is 25.7. The van der Waals surface area contributed by atoms with E-state index < -0.39 is 21.7 Å². The number of rotatable bonds is 6. The van der Waals surface area contributed by atoms with Gasteiger partial charge in [-0.2, -0.15) is 5.10 Å². The number of benzene rings is 1. The van der Waals surface area contributed by atoms with Crippen LogP contribution in [0.5, 0.6) is 0 Å². The van der Waals surface area contributed by atoms with Crippen LogP contribution in [0.3, 0.4) is 0 Å². The van der Waals surface area contributed by atoms with Gasteiger partial charge in [0.15, 0.2) is 5.65 Å². The predicted octanol–water partition coefficient (Wildman–Crippen LogP) is 5.22. The van der Waals surface area contributed by atoms with Crippen LogP contribution in [0.15, 0.2) is 54.2 Å². The Morgan fingerprint density at radius 2 is 1.80 bits per heavy atom. The van der Waals surface area contributed by atoms with E-state index in [-0.39, 0.29) is 29.3 Å². The number of pyridine rings is 1. The molecule has 1 aliphatic heterocycles. The van der Waals surface area contributed by atoms with E-state index in [1.165, 1.54) is 17.8 Å². The summed E-state index contributed by atoms with van der Waals surface area (Å²) >= 11 is 0. The predicted molar refractivity (Wildman–Crippen MR) is 171 cm³/mol. The second-order valence-corrected chi connectivity index (χ2v) is 14.4. The lowest BCUT2D eigenvalue weighted by Crippen LogP contribution is -2.39. The summed E-state index contributed by atoms with van der Waals surface area (Å²) in [6.45, 7) is 2.67. The highest BCUT2D eigenvalue weighted by molar-refractivity contribution is 7.89. The number of amides is 2. The van der Waals surface area contributed by atoms with Crippen LogP contribution in [-0.4, -0.2) is 57.5 Å². The van der Waals surface area contributed by atoms with Crippen molar-refractivity contribution in [2.75, 3.05) is 12.8 Å². The molecule has 1 atom stereocenters. The van der Waals surface area contributed by atoms with Gasteiger partial charge in [0.05, 0.1) is 29.2 Å². The summed E-state index contributed by atoms with van der Waals surface area (Å²) in [6, 6.07) is 13.1. The second-order valence-electron chi connectivity index (χ2n) is 12.7. The highest BCUT2D eigenvalue weighted by Crippen LogP contribution is 2.41. The molecule has 3 aromatic heterocycles. The van der Waals surface area contributed by atoms with Gasteiger partial charge in [-0.1, -0.05) is 29.8 Å². The SMILES string of the molecule is C[C@@H]1c2ccccc2CCN1C(=O)c1cc(C2CC2)n2nc(-c3cnc(C=C4CCC(C(=O)NS(C)(=O)=O)CC4)cc3F)cc2n1. The first-order valence-corrected chi connectivity index (χ1v) is 17.6. The van der Waals surface area contributed by atoms with E-state index in [4.69, 9.17) is 10.1 Å². The van der Waals surface area contributed by atoms with Crippen LogP contribution in [-0.2, 0) is 21.2 Å². The maximum atomic E-state index is 15.5. The maximum Gasteiger partial charge on any atom is 0.273 e. The van der Waals surface area contributed by atoms with Gasteiger partial charge in [-0.25, -0.2) is 22.3 Å². The summed E-state index contributed by atoms with van der Waals surface area (Å²) in [5.41, 5.74) is 6.31. The van der Waals surface area contributed by atoms with E-state index in [9.17, 15) is 18.0 Å². The number of carbonyl (C=O) groups excluding carboxylic acids is 2. The summed E-state index contributed by atoms with van der Waals surface area (Å²) in [7, 11) is -3.59. The summed E-state index contributed by atoms with van der Waals surface area (Å²) in [6.07, 6.45) is 9.26. The van der Waals surface area contributed by atoms with Crippen LogP contribution in [0.1, 0.15) is 90.4 Å². The molecule has 2 amide bonds. The molecule has 4 heterocycles. The first-order chi connectivity index (χ1) is 22.0. The minimum absolute atomic E-state index is 0.0663. The van der Waals surface area contributed by atoms with Gasteiger partial charge in [0.1, 0.15) is 11.5 Å². The second kappa shape index (κ2) is 11.7. The van der Waals surface area contributed by atoms with Crippen molar-refractivity contribution in [1.29, 1.82) is 0 Å². The molecule has 4 aromatic rings. The van der Waals surface area contributed by atoms with Gasteiger partial charge in [0.25, 0.3) is 5.91 Å². The van der Waals surface area contributed by atoms with E-state index in [0.717, 1.165) is 42.3 Å². The first kappa shape index (κ1) is 30.2. The molecular formula is C34H35FN6O4S. The van der Waals surface area contributed by atoms with Crippen LogP contribution < -0.4 is 4.72 Å². The van der Waals surface area contributed by atoms with Crippen molar-refractivity contribution in [2.24, 2.45) is 5.92 Å². The smallest absolute Gasteiger partial charge is 0.273 e. The van der Waals surface area contributed by atoms with Crippen molar-refractivity contribution < 1.29 is 22.4 Å². The third kappa shape index (κ3) is 6.05. The molecule has 2 saturated carbocycles. The number of sulfonamides is 1. The molecule has 2 aliphatic carbocycles. The largest absolute Gasteiger partial charge is 0.330 e. The molecular weight excluding hydrogens is 607 g/mol. The summed E-state index contributed by atoms with van der Waals surface area (Å²) in [4.78, 5) is 37.1. The Bertz CT molecular complexity index is 2010. The molecule has 1 N–H and O–H groups in total. The van der Waals surface area contributed by atoms with Crippen LogP contribution in [0.25, 0.3) is 23.0 Å². The minimum Gasteiger partial charge on any atom is -0.330 e. The number of fused-ring (bicyclic) bond motifs is 2. The molecule has 0 bridgehead atoms. The Morgan fingerprint density at radius 3 is 2.52 bits per heavy atom. The molecule has 46 heavy (non-hydrogen) atoms. The zero-order chi connectivity index (χ0) is 32.2. The highest BCUT2D eigenvalue weighted by atomic mass is 32.2. The Morgan fingerprint density at radius 1 is 1.04 bits per heavy atom. The van der Waals surface area contributed by atoms with Crippen LogP contribution in [0.2, 0.25) is 0 Å². The standard InChI is InChI=1S/C34H35FN6O4S/c1-20-26-6-4-3-5-22(26)13-14-40(20)34(43)30-17-31(23-11-12-23)41-32(37-30)18-29(38-41)27-19-36-25(16-28(27)35)15-21-7-9-24(10-8-21)33(42)39-46(2,44)45/h3-6,15-20,23-24H,7-14H2,1-2H3,(H,39,42)/t20-,24?/m1/s1. The number of hydrogen-bond donors (Lipinski definition) is 1. The average Bonchev–Trinajstić information content (AvgIpc) is 3.78. The number of nitrogens with zero attached hydrogens (tertiary/aromatic N) is 5. The van der Waals surface area contributed by atoms with Gasteiger partial charge in [0, 0.05) is 42.4 Å². The lowest BCUT2D eigenvalue weighted by Gasteiger charge is -2.35. The minimum atomic E-state index is -3.59. The number of nitrogens with one attached hydrogen (secondary N) is 1. The molecule has 2 fully saturated rings. The van der Waals surface area contributed by atoms with Gasteiger partial charge in [0.2, 0.25) is 15.9 Å². The van der Waals surface area contributed by atoms with Gasteiger partial charge in [-0.15, -0.1) is 0 Å². The first-order valence-electron chi connectivity index (χ1n) is 15.7. The molecule has 0 spiro atoms. The molecule has 238 valence electrons. The van der Waals surface area contributed by atoms with E-state index >= 15 is 4.39 Å².